The lowest BCUT2D eigenvalue weighted by Gasteiger charge is -2.26. The molecule has 11 rings (SSSR count). The minimum Gasteiger partial charge on any atom is -0.454 e. The Bertz CT molecular complexity index is 2930. The Labute approximate surface area is 276 Å². The van der Waals surface area contributed by atoms with Crippen LogP contribution in [0.15, 0.2) is 148 Å². The SMILES string of the molecule is c1ccc2c(c1)oc1c(N(c3cccc4c3oc3ccccc34)c3cccc4c3sc3c4ccc4sc5ccccc5c43)cccc12. The molecule has 0 atom stereocenters. The number of anilines is 3. The summed E-state index contributed by atoms with van der Waals surface area (Å²) in [4.78, 5) is 2.36. The van der Waals surface area contributed by atoms with Crippen LogP contribution < -0.4 is 4.90 Å². The molecule has 47 heavy (non-hydrogen) atoms. The molecular formula is C42H23NO2S2. The van der Waals surface area contributed by atoms with Gasteiger partial charge in [0.1, 0.15) is 11.2 Å². The van der Waals surface area contributed by atoms with Crippen molar-refractivity contribution in [3.63, 3.8) is 0 Å². The summed E-state index contributed by atoms with van der Waals surface area (Å²) >= 11 is 3.75. The van der Waals surface area contributed by atoms with Gasteiger partial charge in [0.05, 0.1) is 21.8 Å². The monoisotopic (exact) mass is 637 g/mol. The van der Waals surface area contributed by atoms with Gasteiger partial charge in [-0.3, -0.25) is 0 Å². The summed E-state index contributed by atoms with van der Waals surface area (Å²) in [7, 11) is 0. The zero-order chi connectivity index (χ0) is 30.6. The Hall–Kier alpha value is -5.62. The highest BCUT2D eigenvalue weighted by atomic mass is 32.1. The van der Waals surface area contributed by atoms with E-state index < -0.39 is 0 Å². The largest absolute Gasteiger partial charge is 0.454 e. The second-order valence-electron chi connectivity index (χ2n) is 12.0. The van der Waals surface area contributed by atoms with E-state index in [9.17, 15) is 0 Å². The molecule has 0 bridgehead atoms. The molecule has 0 N–H and O–H groups in total. The van der Waals surface area contributed by atoms with Gasteiger partial charge in [0.2, 0.25) is 0 Å². The van der Waals surface area contributed by atoms with E-state index in [0.29, 0.717) is 0 Å². The molecule has 0 radical (unpaired) electrons. The van der Waals surface area contributed by atoms with Gasteiger partial charge < -0.3 is 13.7 Å². The summed E-state index contributed by atoms with van der Waals surface area (Å²) in [6.07, 6.45) is 0. The summed E-state index contributed by atoms with van der Waals surface area (Å²) < 4.78 is 18.6. The van der Waals surface area contributed by atoms with Gasteiger partial charge in [-0.2, -0.15) is 0 Å². The van der Waals surface area contributed by atoms with E-state index in [0.717, 1.165) is 60.9 Å². The molecule has 220 valence electrons. The van der Waals surface area contributed by atoms with Crippen molar-refractivity contribution in [2.75, 3.05) is 4.90 Å². The number of rotatable bonds is 3. The van der Waals surface area contributed by atoms with E-state index in [1.54, 1.807) is 0 Å². The van der Waals surface area contributed by atoms with Crippen LogP contribution in [0, 0.1) is 0 Å². The summed E-state index contributed by atoms with van der Waals surface area (Å²) in [5.74, 6) is 0. The minimum absolute atomic E-state index is 0.853. The van der Waals surface area contributed by atoms with E-state index >= 15 is 0 Å². The fourth-order valence-electron chi connectivity index (χ4n) is 7.43. The molecule has 0 fully saturated rings. The first kappa shape index (κ1) is 25.6. The molecule has 0 saturated carbocycles. The van der Waals surface area contributed by atoms with Crippen LogP contribution in [0.1, 0.15) is 0 Å². The molecule has 3 nitrogen and oxygen atoms in total. The van der Waals surface area contributed by atoms with Crippen molar-refractivity contribution in [2.45, 2.75) is 0 Å². The smallest absolute Gasteiger partial charge is 0.159 e. The third-order valence-corrected chi connectivity index (χ3v) is 11.9. The van der Waals surface area contributed by atoms with Crippen molar-refractivity contribution in [1.82, 2.24) is 0 Å². The third-order valence-electron chi connectivity index (χ3n) is 9.47. The number of hydrogen-bond acceptors (Lipinski definition) is 5. The predicted octanol–water partition coefficient (Wildman–Crippen LogP) is 13.7. The Morgan fingerprint density at radius 1 is 0.362 bits per heavy atom. The quantitative estimate of drug-likeness (QED) is 0.193. The Balaban J connectivity index is 1.28. The molecule has 0 aliphatic heterocycles. The van der Waals surface area contributed by atoms with Gasteiger partial charge in [-0.25, -0.2) is 0 Å². The normalized spacial score (nSPS) is 12.3. The number of benzene rings is 7. The molecular weight excluding hydrogens is 615 g/mol. The average Bonchev–Trinajstić information content (AvgIpc) is 3.88. The summed E-state index contributed by atoms with van der Waals surface area (Å²) in [5, 5.41) is 9.61. The summed E-state index contributed by atoms with van der Waals surface area (Å²) in [5.41, 5.74) is 6.51. The molecule has 4 aromatic heterocycles. The lowest BCUT2D eigenvalue weighted by molar-refractivity contribution is 0.666. The number of para-hydroxylation sites is 4. The van der Waals surface area contributed by atoms with Crippen molar-refractivity contribution < 1.29 is 8.83 Å². The van der Waals surface area contributed by atoms with Crippen LogP contribution in [0.3, 0.4) is 0 Å². The fourth-order valence-corrected chi connectivity index (χ4v) is 9.98. The molecule has 0 saturated heterocycles. The highest BCUT2D eigenvalue weighted by Crippen LogP contribution is 2.51. The summed E-state index contributed by atoms with van der Waals surface area (Å²) in [6, 6.07) is 49.6. The van der Waals surface area contributed by atoms with E-state index in [2.05, 4.69) is 120 Å². The number of fused-ring (bicyclic) bond motifs is 13. The van der Waals surface area contributed by atoms with Crippen LogP contribution in [0.25, 0.3) is 84.2 Å². The zero-order valence-corrected chi connectivity index (χ0v) is 26.5. The van der Waals surface area contributed by atoms with Crippen molar-refractivity contribution in [3.8, 4) is 0 Å². The van der Waals surface area contributed by atoms with Crippen LogP contribution in [0.5, 0.6) is 0 Å². The Morgan fingerprint density at radius 3 is 1.57 bits per heavy atom. The molecule has 5 heteroatoms. The van der Waals surface area contributed by atoms with Gasteiger partial charge in [-0.15, -0.1) is 22.7 Å². The summed E-state index contributed by atoms with van der Waals surface area (Å²) in [6.45, 7) is 0. The maximum atomic E-state index is 6.68. The molecule has 0 spiro atoms. The van der Waals surface area contributed by atoms with Gasteiger partial charge in [-0.05, 0) is 42.5 Å². The van der Waals surface area contributed by atoms with Crippen LogP contribution >= 0.6 is 22.7 Å². The van der Waals surface area contributed by atoms with E-state index in [4.69, 9.17) is 8.83 Å². The topological polar surface area (TPSA) is 29.5 Å². The zero-order valence-electron chi connectivity index (χ0n) is 24.9. The number of thiophene rings is 2. The van der Waals surface area contributed by atoms with Gasteiger partial charge in [-0.1, -0.05) is 97.1 Å². The maximum Gasteiger partial charge on any atom is 0.159 e. The first-order valence-corrected chi connectivity index (χ1v) is 17.3. The average molecular weight is 638 g/mol. The molecule has 4 heterocycles. The lowest BCUT2D eigenvalue weighted by Crippen LogP contribution is -2.10. The van der Waals surface area contributed by atoms with Gasteiger partial charge in [0.25, 0.3) is 0 Å². The number of furan rings is 2. The lowest BCUT2D eigenvalue weighted by atomic mass is 10.1. The predicted molar refractivity (Wildman–Crippen MR) is 201 cm³/mol. The van der Waals surface area contributed by atoms with Crippen molar-refractivity contribution >= 4 is 124 Å². The molecule has 0 aliphatic carbocycles. The first-order valence-electron chi connectivity index (χ1n) is 15.7. The fraction of sp³-hybridized carbons (Fsp3) is 0. The van der Waals surface area contributed by atoms with Gasteiger partial charge >= 0.3 is 0 Å². The van der Waals surface area contributed by atoms with Crippen molar-refractivity contribution in [1.29, 1.82) is 0 Å². The maximum absolute atomic E-state index is 6.68. The van der Waals surface area contributed by atoms with Crippen LogP contribution in [0.4, 0.5) is 17.1 Å². The van der Waals surface area contributed by atoms with Crippen LogP contribution in [0.2, 0.25) is 0 Å². The highest BCUT2D eigenvalue weighted by Gasteiger charge is 2.26. The standard InChI is InChI=1S/C42H23NO2S2/c1-4-19-34-24(10-1)26-13-7-16-31(39(26)44-34)43(32-17-8-14-27-25-11-2-5-20-35(25)45-40(27)32)33-18-9-15-28-29-22-23-37-38(42(29)47-41(28)33)30-12-3-6-21-36(30)46-37/h1-23H. The number of nitrogens with zero attached hydrogens (tertiary/aromatic N) is 1. The first-order chi connectivity index (χ1) is 23.3. The van der Waals surface area contributed by atoms with Gasteiger partial charge in [0.15, 0.2) is 11.2 Å². The number of hydrogen-bond donors (Lipinski definition) is 0. The Morgan fingerprint density at radius 2 is 0.894 bits per heavy atom. The second-order valence-corrected chi connectivity index (χ2v) is 14.1. The van der Waals surface area contributed by atoms with Crippen molar-refractivity contribution in [2.24, 2.45) is 0 Å². The van der Waals surface area contributed by atoms with Gasteiger partial charge in [0, 0.05) is 57.2 Å². The van der Waals surface area contributed by atoms with Crippen LogP contribution in [-0.2, 0) is 0 Å². The molecule has 0 amide bonds. The van der Waals surface area contributed by atoms with Crippen LogP contribution in [-0.4, -0.2) is 0 Å². The minimum atomic E-state index is 0.853. The second kappa shape index (κ2) is 9.46. The molecule has 0 aliphatic rings. The molecule has 7 aromatic carbocycles. The highest BCUT2D eigenvalue weighted by molar-refractivity contribution is 7.30. The van der Waals surface area contributed by atoms with Crippen molar-refractivity contribution in [3.05, 3.63) is 140 Å². The third kappa shape index (κ3) is 3.50. The van der Waals surface area contributed by atoms with E-state index in [-0.39, 0.29) is 0 Å². The molecule has 11 aromatic rings. The van der Waals surface area contributed by atoms with E-state index in [1.165, 1.54) is 40.3 Å². The Kier molecular flexibility index (Phi) is 5.14. The molecule has 0 unspecified atom stereocenters. The van der Waals surface area contributed by atoms with E-state index in [1.807, 2.05) is 46.9 Å².